The van der Waals surface area contributed by atoms with E-state index in [-0.39, 0.29) is 16.8 Å². The van der Waals surface area contributed by atoms with Crippen LogP contribution in [0.25, 0.3) is 0 Å². The number of morpholine rings is 1. The summed E-state index contributed by atoms with van der Waals surface area (Å²) in [5.74, 6) is 6.68. The van der Waals surface area contributed by atoms with Crippen molar-refractivity contribution in [3.8, 4) is 17.6 Å². The molecule has 2 aliphatic heterocycles. The van der Waals surface area contributed by atoms with Crippen molar-refractivity contribution in [3.05, 3.63) is 24.3 Å². The molecule has 3 rings (SSSR count). The van der Waals surface area contributed by atoms with Crippen molar-refractivity contribution in [3.63, 3.8) is 0 Å². The Morgan fingerprint density at radius 3 is 2.54 bits per heavy atom. The average molecular weight is 397 g/mol. The van der Waals surface area contributed by atoms with Crippen molar-refractivity contribution >= 4 is 22.7 Å². The fourth-order valence-corrected chi connectivity index (χ4v) is 4.81. The lowest BCUT2D eigenvalue weighted by Crippen LogP contribution is -2.36. The van der Waals surface area contributed by atoms with Gasteiger partial charge in [-0.2, -0.15) is 16.9 Å². The Labute approximate surface area is 160 Å². The zero-order valence-electron chi connectivity index (χ0n) is 14.6. The number of hydrogen-bond donors (Lipinski definition) is 1. The van der Waals surface area contributed by atoms with E-state index < -0.39 is 10.0 Å². The van der Waals surface area contributed by atoms with Crippen LogP contribution in [0.4, 0.5) is 0 Å². The summed E-state index contributed by atoms with van der Waals surface area (Å²) in [4.78, 5) is 2.52. The first-order chi connectivity index (χ1) is 12.6. The molecule has 2 heterocycles. The van der Waals surface area contributed by atoms with E-state index in [1.807, 2.05) is 0 Å². The smallest absolute Gasteiger partial charge is 0.243 e. The predicted molar refractivity (Wildman–Crippen MR) is 103 cm³/mol. The molecule has 0 spiro atoms. The van der Waals surface area contributed by atoms with Gasteiger partial charge in [0.1, 0.15) is 12.4 Å². The van der Waals surface area contributed by atoms with E-state index in [1.165, 1.54) is 4.31 Å². The van der Waals surface area contributed by atoms with E-state index >= 15 is 0 Å². The second-order valence-electron chi connectivity index (χ2n) is 6.31. The number of sulfonamides is 1. The van der Waals surface area contributed by atoms with Gasteiger partial charge < -0.3 is 9.47 Å². The Balaban J connectivity index is 1.48. The number of nitrogens with zero attached hydrogens (tertiary/aromatic N) is 2. The van der Waals surface area contributed by atoms with Gasteiger partial charge in [0.2, 0.25) is 10.0 Å². The highest BCUT2D eigenvalue weighted by Gasteiger charge is 2.30. The summed E-state index contributed by atoms with van der Waals surface area (Å²) >= 11 is 4.35. The number of hydrogen-bond acceptors (Lipinski definition) is 6. The Bertz CT molecular complexity index is 750. The van der Waals surface area contributed by atoms with E-state index in [9.17, 15) is 8.42 Å². The Morgan fingerprint density at radius 2 is 1.88 bits per heavy atom. The van der Waals surface area contributed by atoms with E-state index in [4.69, 9.17) is 9.47 Å². The van der Waals surface area contributed by atoms with Crippen LogP contribution >= 0.6 is 12.6 Å². The van der Waals surface area contributed by atoms with E-state index in [0.717, 1.165) is 32.7 Å². The van der Waals surface area contributed by atoms with E-state index in [0.29, 0.717) is 25.4 Å². The van der Waals surface area contributed by atoms with Gasteiger partial charge in [-0.3, -0.25) is 4.90 Å². The fraction of sp³-hybridized carbons (Fsp3) is 0.556. The highest BCUT2D eigenvalue weighted by Crippen LogP contribution is 2.24. The van der Waals surface area contributed by atoms with Gasteiger partial charge in [0.05, 0.1) is 24.7 Å². The third-order valence-corrected chi connectivity index (χ3v) is 6.73. The van der Waals surface area contributed by atoms with E-state index in [2.05, 4.69) is 29.4 Å². The van der Waals surface area contributed by atoms with Gasteiger partial charge in [-0.25, -0.2) is 8.42 Å². The topological polar surface area (TPSA) is 59.1 Å². The van der Waals surface area contributed by atoms with E-state index in [1.54, 1.807) is 24.3 Å². The number of benzene rings is 1. The Morgan fingerprint density at radius 1 is 1.15 bits per heavy atom. The molecule has 2 fully saturated rings. The first-order valence-corrected chi connectivity index (χ1v) is 10.7. The fourth-order valence-electron chi connectivity index (χ4n) is 2.88. The minimum atomic E-state index is -3.44. The second kappa shape index (κ2) is 9.11. The van der Waals surface area contributed by atoms with Gasteiger partial charge in [-0.05, 0) is 30.7 Å². The summed E-state index contributed by atoms with van der Waals surface area (Å²) < 4.78 is 37.5. The molecule has 1 atom stereocenters. The molecule has 0 radical (unpaired) electrons. The van der Waals surface area contributed by atoms with Crippen LogP contribution in [0.1, 0.15) is 6.42 Å². The molecule has 26 heavy (non-hydrogen) atoms. The summed E-state index contributed by atoms with van der Waals surface area (Å²) in [5, 5.41) is 0.114. The lowest BCUT2D eigenvalue weighted by Gasteiger charge is -2.24. The molecule has 0 bridgehead atoms. The molecule has 142 valence electrons. The predicted octanol–water partition coefficient (Wildman–Crippen LogP) is 1.09. The van der Waals surface area contributed by atoms with Gasteiger partial charge in [-0.1, -0.05) is 11.8 Å². The molecule has 1 aromatic rings. The molecule has 6 nitrogen and oxygen atoms in total. The third-order valence-electron chi connectivity index (χ3n) is 4.43. The summed E-state index contributed by atoms with van der Waals surface area (Å²) in [6.07, 6.45) is 0.784. The van der Waals surface area contributed by atoms with Crippen LogP contribution in [0, 0.1) is 11.8 Å². The normalized spacial score (nSPS) is 22.0. The second-order valence-corrected chi connectivity index (χ2v) is 8.98. The number of ether oxygens (including phenoxy) is 2. The summed E-state index contributed by atoms with van der Waals surface area (Å²) in [6, 6.07) is 6.50. The molecular formula is C18H24N2O4S2. The monoisotopic (exact) mass is 396 g/mol. The van der Waals surface area contributed by atoms with Crippen LogP contribution < -0.4 is 4.74 Å². The average Bonchev–Trinajstić information content (AvgIpc) is 3.10. The van der Waals surface area contributed by atoms with Gasteiger partial charge in [0.25, 0.3) is 0 Å². The van der Waals surface area contributed by atoms with Crippen molar-refractivity contribution < 1.29 is 17.9 Å². The maximum absolute atomic E-state index is 12.6. The zero-order valence-corrected chi connectivity index (χ0v) is 16.3. The van der Waals surface area contributed by atoms with Crippen LogP contribution in [0.2, 0.25) is 0 Å². The maximum atomic E-state index is 12.6. The summed E-state index contributed by atoms with van der Waals surface area (Å²) in [7, 11) is -3.44. The molecule has 1 aromatic carbocycles. The van der Waals surface area contributed by atoms with Crippen molar-refractivity contribution in [2.24, 2.45) is 0 Å². The van der Waals surface area contributed by atoms with Crippen molar-refractivity contribution in [1.29, 1.82) is 0 Å². The summed E-state index contributed by atoms with van der Waals surface area (Å²) in [5.41, 5.74) is 0. The molecule has 0 aliphatic carbocycles. The zero-order chi connectivity index (χ0) is 18.4. The largest absolute Gasteiger partial charge is 0.481 e. The first kappa shape index (κ1) is 19.5. The molecule has 0 saturated carbocycles. The highest BCUT2D eigenvalue weighted by molar-refractivity contribution is 7.89. The van der Waals surface area contributed by atoms with Crippen molar-refractivity contribution in [2.75, 3.05) is 52.5 Å². The third kappa shape index (κ3) is 5.15. The molecule has 0 N–H and O–H groups in total. The Kier molecular flexibility index (Phi) is 6.84. The van der Waals surface area contributed by atoms with Crippen LogP contribution in [0.15, 0.2) is 29.2 Å². The van der Waals surface area contributed by atoms with Gasteiger partial charge in [-0.15, -0.1) is 0 Å². The molecule has 2 aliphatic rings. The standard InChI is InChI=1S/C18H24N2O4S2/c21-26(22,20-9-7-17(25)15-20)18-5-3-16(4-6-18)24-12-2-1-8-19-10-13-23-14-11-19/h3-6,17,25H,7-15H2/t17-/m0/s1. The van der Waals surface area contributed by atoms with Gasteiger partial charge in [0, 0.05) is 31.4 Å². The van der Waals surface area contributed by atoms with Gasteiger partial charge >= 0.3 is 0 Å². The molecule has 2 saturated heterocycles. The summed E-state index contributed by atoms with van der Waals surface area (Å²) in [6.45, 7) is 5.33. The lowest BCUT2D eigenvalue weighted by atomic mass is 10.3. The molecular weight excluding hydrogens is 372 g/mol. The SMILES string of the molecule is O=S(=O)(c1ccc(OCC#CCN2CCOCC2)cc1)N1CC[C@H](S)C1. The van der Waals surface area contributed by atoms with Crippen molar-refractivity contribution in [2.45, 2.75) is 16.6 Å². The number of rotatable bonds is 5. The minimum absolute atomic E-state index is 0.114. The van der Waals surface area contributed by atoms with Crippen LogP contribution in [-0.4, -0.2) is 75.4 Å². The Hall–Kier alpha value is -1.24. The minimum Gasteiger partial charge on any atom is -0.481 e. The van der Waals surface area contributed by atoms with Gasteiger partial charge in [0.15, 0.2) is 0 Å². The van der Waals surface area contributed by atoms with Crippen LogP contribution in [-0.2, 0) is 14.8 Å². The van der Waals surface area contributed by atoms with Crippen LogP contribution in [0.5, 0.6) is 5.75 Å². The number of thiol groups is 1. The highest BCUT2D eigenvalue weighted by atomic mass is 32.2. The molecule has 8 heteroatoms. The molecule has 0 aromatic heterocycles. The van der Waals surface area contributed by atoms with Crippen LogP contribution in [0.3, 0.4) is 0 Å². The maximum Gasteiger partial charge on any atom is 0.243 e. The first-order valence-electron chi connectivity index (χ1n) is 8.72. The lowest BCUT2D eigenvalue weighted by molar-refractivity contribution is 0.0443. The van der Waals surface area contributed by atoms with Crippen molar-refractivity contribution in [1.82, 2.24) is 9.21 Å². The quantitative estimate of drug-likeness (QED) is 0.597. The molecule has 0 unspecified atom stereocenters. The molecule has 0 amide bonds.